The Labute approximate surface area is 69.8 Å². The first kappa shape index (κ1) is 10.8. The molecule has 0 aromatic carbocycles. The van der Waals surface area contributed by atoms with Gasteiger partial charge in [0.1, 0.15) is 0 Å². The summed E-state index contributed by atoms with van der Waals surface area (Å²) < 4.78 is 36.4. The van der Waals surface area contributed by atoms with Gasteiger partial charge in [-0.15, -0.1) is 6.42 Å². The van der Waals surface area contributed by atoms with E-state index in [0.29, 0.717) is 0 Å². The van der Waals surface area contributed by atoms with Crippen molar-refractivity contribution in [2.45, 2.75) is 20.0 Å². The highest BCUT2D eigenvalue weighted by Crippen LogP contribution is 2.28. The molecule has 0 unspecified atom stereocenters. The Morgan fingerprint density at radius 2 is 1.92 bits per heavy atom. The van der Waals surface area contributed by atoms with Gasteiger partial charge in [0.2, 0.25) is 0 Å². The smallest absolute Gasteiger partial charge is 0.166 e. The number of allylic oxidation sites excluding steroid dienone is 4. The molecule has 0 bridgehead atoms. The molecular weight excluding hydrogens is 165 g/mol. The molecule has 0 aliphatic heterocycles. The van der Waals surface area contributed by atoms with Crippen molar-refractivity contribution in [2.75, 3.05) is 0 Å². The van der Waals surface area contributed by atoms with Gasteiger partial charge < -0.3 is 0 Å². The second kappa shape index (κ2) is 4.01. The lowest BCUT2D eigenvalue weighted by Crippen LogP contribution is -2.11. The van der Waals surface area contributed by atoms with Gasteiger partial charge in [-0.3, -0.25) is 0 Å². The van der Waals surface area contributed by atoms with Crippen LogP contribution in [0, 0.1) is 12.3 Å². The van der Waals surface area contributed by atoms with E-state index in [1.165, 1.54) is 19.9 Å². The van der Waals surface area contributed by atoms with Crippen LogP contribution >= 0.6 is 0 Å². The van der Waals surface area contributed by atoms with Gasteiger partial charge in [0.25, 0.3) is 0 Å². The van der Waals surface area contributed by atoms with E-state index in [9.17, 15) is 13.2 Å². The maximum atomic E-state index is 12.1. The van der Waals surface area contributed by atoms with E-state index in [2.05, 4.69) is 0 Å². The average Bonchev–Trinajstić information content (AvgIpc) is 1.96. The fourth-order valence-electron chi connectivity index (χ4n) is 0.677. The summed E-state index contributed by atoms with van der Waals surface area (Å²) in [6, 6.07) is 0. The summed E-state index contributed by atoms with van der Waals surface area (Å²) in [6.45, 7) is 2.78. The van der Waals surface area contributed by atoms with Crippen LogP contribution in [0.2, 0.25) is 0 Å². The molecule has 0 spiro atoms. The van der Waals surface area contributed by atoms with Crippen molar-refractivity contribution in [1.82, 2.24) is 0 Å². The summed E-state index contributed by atoms with van der Waals surface area (Å²) in [5.74, 6) is 1.96. The van der Waals surface area contributed by atoms with Crippen LogP contribution in [0.25, 0.3) is 0 Å². The van der Waals surface area contributed by atoms with Crippen molar-refractivity contribution < 1.29 is 13.2 Å². The number of hydrogen-bond donors (Lipinski definition) is 0. The molecule has 0 aromatic heterocycles. The minimum atomic E-state index is -4.36. The highest BCUT2D eigenvalue weighted by Gasteiger charge is 2.32. The van der Waals surface area contributed by atoms with E-state index in [1.807, 2.05) is 5.92 Å². The largest absolute Gasteiger partial charge is 0.417 e. The predicted octanol–water partition coefficient (Wildman–Crippen LogP) is 3.07. The van der Waals surface area contributed by atoms with Gasteiger partial charge >= 0.3 is 6.18 Å². The maximum Gasteiger partial charge on any atom is 0.417 e. The highest BCUT2D eigenvalue weighted by atomic mass is 19.4. The monoisotopic (exact) mass is 174 g/mol. The Hall–Kier alpha value is -1.17. The fraction of sp³-hybridized carbons (Fsp3) is 0.333. The first-order chi connectivity index (χ1) is 5.43. The standard InChI is InChI=1S/C9H9F3/c1-4-6-8(7(3)5-2)9(10,11)12/h2,4,6H,1,3H3/b6-4-,8-7+. The van der Waals surface area contributed by atoms with Gasteiger partial charge in [-0.2, -0.15) is 13.2 Å². The third-order valence-corrected chi connectivity index (χ3v) is 1.26. The molecule has 0 N–H and O–H groups in total. The number of alkyl halides is 3. The minimum absolute atomic E-state index is 0.0967. The van der Waals surface area contributed by atoms with Crippen LogP contribution in [0.15, 0.2) is 23.3 Å². The Kier molecular flexibility index (Phi) is 3.62. The molecule has 0 aliphatic rings. The molecule has 0 rings (SSSR count). The fourth-order valence-corrected chi connectivity index (χ4v) is 0.677. The van der Waals surface area contributed by atoms with Crippen molar-refractivity contribution >= 4 is 0 Å². The lowest BCUT2D eigenvalue weighted by atomic mass is 10.1. The van der Waals surface area contributed by atoms with Crippen LogP contribution in [0.4, 0.5) is 13.2 Å². The van der Waals surface area contributed by atoms with Crippen LogP contribution < -0.4 is 0 Å². The van der Waals surface area contributed by atoms with E-state index in [-0.39, 0.29) is 5.57 Å². The molecule has 0 radical (unpaired) electrons. The number of hydrogen-bond acceptors (Lipinski definition) is 0. The molecule has 12 heavy (non-hydrogen) atoms. The molecule has 0 saturated heterocycles. The van der Waals surface area contributed by atoms with E-state index < -0.39 is 11.7 Å². The van der Waals surface area contributed by atoms with Crippen molar-refractivity contribution in [3.8, 4) is 12.3 Å². The zero-order valence-corrected chi connectivity index (χ0v) is 6.87. The van der Waals surface area contributed by atoms with Crippen molar-refractivity contribution in [3.05, 3.63) is 23.3 Å². The van der Waals surface area contributed by atoms with E-state index >= 15 is 0 Å². The second-order valence-corrected chi connectivity index (χ2v) is 2.18. The van der Waals surface area contributed by atoms with Crippen LogP contribution in [0.1, 0.15) is 13.8 Å². The van der Waals surface area contributed by atoms with Crippen LogP contribution in [-0.4, -0.2) is 6.18 Å². The van der Waals surface area contributed by atoms with Crippen molar-refractivity contribution in [3.63, 3.8) is 0 Å². The van der Waals surface area contributed by atoms with Gasteiger partial charge in [-0.05, 0) is 13.8 Å². The third-order valence-electron chi connectivity index (χ3n) is 1.26. The molecule has 0 amide bonds. The molecule has 0 nitrogen and oxygen atoms in total. The number of terminal acetylenes is 1. The van der Waals surface area contributed by atoms with Crippen LogP contribution in [0.3, 0.4) is 0 Å². The molecule has 0 aliphatic carbocycles. The Balaban J connectivity index is 5.10. The van der Waals surface area contributed by atoms with Gasteiger partial charge in [0, 0.05) is 5.57 Å². The van der Waals surface area contributed by atoms with E-state index in [1.54, 1.807) is 0 Å². The summed E-state index contributed by atoms with van der Waals surface area (Å²) in [4.78, 5) is 0. The zero-order chi connectivity index (χ0) is 9.78. The number of rotatable bonds is 1. The van der Waals surface area contributed by atoms with Gasteiger partial charge in [0.15, 0.2) is 0 Å². The van der Waals surface area contributed by atoms with Crippen LogP contribution in [-0.2, 0) is 0 Å². The lowest BCUT2D eigenvalue weighted by molar-refractivity contribution is -0.0887. The van der Waals surface area contributed by atoms with Gasteiger partial charge in [-0.1, -0.05) is 18.1 Å². The van der Waals surface area contributed by atoms with Crippen molar-refractivity contribution in [1.29, 1.82) is 0 Å². The van der Waals surface area contributed by atoms with Crippen LogP contribution in [0.5, 0.6) is 0 Å². The van der Waals surface area contributed by atoms with Gasteiger partial charge in [-0.25, -0.2) is 0 Å². The quantitative estimate of drug-likeness (QED) is 0.423. The first-order valence-electron chi connectivity index (χ1n) is 3.30. The molecule has 0 saturated carbocycles. The molecule has 3 heteroatoms. The normalized spacial score (nSPS) is 14.3. The molecule has 0 atom stereocenters. The molecule has 0 aromatic rings. The minimum Gasteiger partial charge on any atom is -0.166 e. The topological polar surface area (TPSA) is 0 Å². The summed E-state index contributed by atoms with van der Waals surface area (Å²) in [7, 11) is 0. The number of halogens is 3. The van der Waals surface area contributed by atoms with E-state index in [4.69, 9.17) is 6.42 Å². The molecule has 0 heterocycles. The molecule has 0 fully saturated rings. The maximum absolute atomic E-state index is 12.1. The molecular formula is C9H9F3. The summed E-state index contributed by atoms with van der Waals surface area (Å²) >= 11 is 0. The van der Waals surface area contributed by atoms with Gasteiger partial charge in [0.05, 0.1) is 5.57 Å². The Morgan fingerprint density at radius 1 is 1.42 bits per heavy atom. The second-order valence-electron chi connectivity index (χ2n) is 2.18. The third kappa shape index (κ3) is 2.83. The van der Waals surface area contributed by atoms with E-state index in [0.717, 1.165) is 6.08 Å². The highest BCUT2D eigenvalue weighted by molar-refractivity contribution is 5.38. The zero-order valence-electron chi connectivity index (χ0n) is 6.87. The predicted molar refractivity (Wildman–Crippen MR) is 42.4 cm³/mol. The Morgan fingerprint density at radius 3 is 2.17 bits per heavy atom. The average molecular weight is 174 g/mol. The Bertz CT molecular complexity index is 248. The van der Waals surface area contributed by atoms with Crippen molar-refractivity contribution in [2.24, 2.45) is 0 Å². The summed E-state index contributed by atoms with van der Waals surface area (Å²) in [5, 5.41) is 0. The lowest BCUT2D eigenvalue weighted by Gasteiger charge is -2.08. The molecule has 66 valence electrons. The summed E-state index contributed by atoms with van der Waals surface area (Å²) in [6.07, 6.45) is 2.78. The first-order valence-corrected chi connectivity index (χ1v) is 3.30. The summed E-state index contributed by atoms with van der Waals surface area (Å²) in [5.41, 5.74) is -0.854. The SMILES string of the molecule is C#C/C(C)=C(\C=C/C)C(F)(F)F.